The van der Waals surface area contributed by atoms with E-state index < -0.39 is 0 Å². The molecule has 2 aromatic rings. The number of nitrogens with zero attached hydrogens (tertiary/aromatic N) is 2. The molecule has 0 aliphatic heterocycles. The molecule has 2 N–H and O–H groups in total. The van der Waals surface area contributed by atoms with E-state index in [-0.39, 0.29) is 5.95 Å². The van der Waals surface area contributed by atoms with Crippen LogP contribution in [-0.2, 0) is 0 Å². The zero-order valence-corrected chi connectivity index (χ0v) is 9.12. The van der Waals surface area contributed by atoms with Crippen molar-refractivity contribution in [3.63, 3.8) is 0 Å². The van der Waals surface area contributed by atoms with Crippen molar-refractivity contribution >= 4 is 17.3 Å². The summed E-state index contributed by atoms with van der Waals surface area (Å²) in [5.74, 6) is 0.762. The molecular weight excluding hydrogens is 210 g/mol. The monoisotopic (exact) mass is 221 g/mol. The number of hydrogen-bond donors (Lipinski definition) is 1. The summed E-state index contributed by atoms with van der Waals surface area (Å²) in [5.41, 5.74) is 6.40. The average molecular weight is 221 g/mol. The van der Waals surface area contributed by atoms with Gasteiger partial charge < -0.3 is 10.5 Å². The van der Waals surface area contributed by atoms with E-state index in [1.165, 1.54) is 0 Å². The maximum atomic E-state index is 5.60. The second-order valence-corrected chi connectivity index (χ2v) is 3.81. The van der Waals surface area contributed by atoms with Gasteiger partial charge in [-0.1, -0.05) is 6.07 Å². The molecule has 2 rings (SSSR count). The highest BCUT2D eigenvalue weighted by Gasteiger charge is 2.05. The normalized spacial score (nSPS) is 10.2. The summed E-state index contributed by atoms with van der Waals surface area (Å²) in [5, 5.41) is 1.99. The van der Waals surface area contributed by atoms with Crippen LogP contribution < -0.4 is 10.5 Å². The van der Waals surface area contributed by atoms with Crippen LogP contribution in [0.5, 0.6) is 5.88 Å². The van der Waals surface area contributed by atoms with E-state index in [1.807, 2.05) is 24.4 Å². The third-order valence-corrected chi connectivity index (χ3v) is 2.68. The molecule has 2 heterocycles. The molecule has 5 heteroatoms. The highest BCUT2D eigenvalue weighted by Crippen LogP contribution is 2.25. The van der Waals surface area contributed by atoms with Gasteiger partial charge in [-0.05, 0) is 18.4 Å². The van der Waals surface area contributed by atoms with Gasteiger partial charge in [-0.3, -0.25) is 0 Å². The van der Waals surface area contributed by atoms with E-state index in [0.29, 0.717) is 12.5 Å². The first-order chi connectivity index (χ1) is 7.29. The number of rotatable bonds is 3. The van der Waals surface area contributed by atoms with Gasteiger partial charge in [0.2, 0.25) is 11.8 Å². The van der Waals surface area contributed by atoms with Gasteiger partial charge in [0.25, 0.3) is 0 Å². The van der Waals surface area contributed by atoms with Crippen LogP contribution >= 0.6 is 11.3 Å². The Labute approximate surface area is 91.8 Å². The highest BCUT2D eigenvalue weighted by atomic mass is 32.1. The van der Waals surface area contributed by atoms with Crippen LogP contribution in [0.15, 0.2) is 23.6 Å². The average Bonchev–Trinajstić information content (AvgIpc) is 2.70. The lowest BCUT2D eigenvalue weighted by molar-refractivity contribution is 0.327. The van der Waals surface area contributed by atoms with Gasteiger partial charge in [0.15, 0.2) is 0 Å². The number of anilines is 1. The van der Waals surface area contributed by atoms with Gasteiger partial charge in [0.05, 0.1) is 17.2 Å². The van der Waals surface area contributed by atoms with Gasteiger partial charge in [0.1, 0.15) is 0 Å². The van der Waals surface area contributed by atoms with Gasteiger partial charge in [-0.25, -0.2) is 4.98 Å². The van der Waals surface area contributed by atoms with Crippen LogP contribution in [0.2, 0.25) is 0 Å². The first kappa shape index (κ1) is 9.92. The van der Waals surface area contributed by atoms with Crippen LogP contribution in [0.1, 0.15) is 6.92 Å². The lowest BCUT2D eigenvalue weighted by atomic mass is 10.3. The van der Waals surface area contributed by atoms with E-state index in [0.717, 1.165) is 10.6 Å². The van der Waals surface area contributed by atoms with Crippen LogP contribution in [0.3, 0.4) is 0 Å². The predicted molar refractivity (Wildman–Crippen MR) is 60.9 cm³/mol. The number of nitrogen functional groups attached to an aromatic ring is 1. The molecular formula is C10H11N3OS. The smallest absolute Gasteiger partial charge is 0.223 e. The first-order valence-electron chi connectivity index (χ1n) is 4.61. The Morgan fingerprint density at radius 3 is 3.00 bits per heavy atom. The maximum absolute atomic E-state index is 5.60. The fraction of sp³-hybridized carbons (Fsp3) is 0.200. The minimum Gasteiger partial charge on any atom is -0.478 e. The molecule has 0 radical (unpaired) electrons. The molecule has 0 amide bonds. The Kier molecular flexibility index (Phi) is 2.82. The van der Waals surface area contributed by atoms with E-state index in [4.69, 9.17) is 10.5 Å². The Morgan fingerprint density at radius 1 is 1.47 bits per heavy atom. The molecule has 0 spiro atoms. The second-order valence-electron chi connectivity index (χ2n) is 2.86. The minimum atomic E-state index is 0.240. The second kappa shape index (κ2) is 4.27. The molecule has 15 heavy (non-hydrogen) atoms. The van der Waals surface area contributed by atoms with Gasteiger partial charge in [0, 0.05) is 6.07 Å². The molecule has 0 saturated carbocycles. The van der Waals surface area contributed by atoms with Crippen molar-refractivity contribution in [2.24, 2.45) is 0 Å². The predicted octanol–water partition coefficient (Wildman–Crippen LogP) is 2.19. The summed E-state index contributed by atoms with van der Waals surface area (Å²) in [7, 11) is 0. The fourth-order valence-corrected chi connectivity index (χ4v) is 1.90. The molecule has 4 nitrogen and oxygen atoms in total. The third kappa shape index (κ3) is 2.24. The Hall–Kier alpha value is -1.62. The lowest BCUT2D eigenvalue weighted by Gasteiger charge is -2.04. The first-order valence-corrected chi connectivity index (χ1v) is 5.49. The molecule has 78 valence electrons. The van der Waals surface area contributed by atoms with E-state index >= 15 is 0 Å². The summed E-state index contributed by atoms with van der Waals surface area (Å²) in [4.78, 5) is 9.20. The molecule has 0 fully saturated rings. The van der Waals surface area contributed by atoms with Crippen LogP contribution in [-0.4, -0.2) is 16.6 Å². The maximum Gasteiger partial charge on any atom is 0.223 e. The summed E-state index contributed by atoms with van der Waals surface area (Å²) in [6.07, 6.45) is 0. The fourth-order valence-electron chi connectivity index (χ4n) is 1.22. The van der Waals surface area contributed by atoms with Gasteiger partial charge in [-0.15, -0.1) is 11.3 Å². The minimum absolute atomic E-state index is 0.240. The quantitative estimate of drug-likeness (QED) is 0.863. The van der Waals surface area contributed by atoms with Crippen LogP contribution in [0.4, 0.5) is 5.95 Å². The largest absolute Gasteiger partial charge is 0.478 e. The number of aromatic nitrogens is 2. The van der Waals surface area contributed by atoms with Crippen molar-refractivity contribution < 1.29 is 4.74 Å². The lowest BCUT2D eigenvalue weighted by Crippen LogP contribution is -2.00. The molecule has 2 aromatic heterocycles. The third-order valence-electron chi connectivity index (χ3n) is 1.79. The zero-order chi connectivity index (χ0) is 10.7. The van der Waals surface area contributed by atoms with E-state index in [1.54, 1.807) is 17.4 Å². The van der Waals surface area contributed by atoms with Crippen LogP contribution in [0, 0.1) is 0 Å². The molecule has 0 bridgehead atoms. The molecule has 0 unspecified atom stereocenters. The number of thiophene rings is 1. The Morgan fingerprint density at radius 2 is 2.33 bits per heavy atom. The number of ether oxygens (including phenoxy) is 1. The van der Waals surface area contributed by atoms with Crippen molar-refractivity contribution in [1.29, 1.82) is 0 Å². The molecule has 0 aromatic carbocycles. The van der Waals surface area contributed by atoms with Crippen LogP contribution in [0.25, 0.3) is 10.6 Å². The Balaban J connectivity index is 2.40. The number of hydrogen-bond acceptors (Lipinski definition) is 5. The summed E-state index contributed by atoms with van der Waals surface area (Å²) >= 11 is 1.61. The standard InChI is InChI=1S/C10H11N3OS/c1-2-14-9-6-7(12-10(11)13-9)8-4-3-5-15-8/h3-6H,2H2,1H3,(H2,11,12,13). The van der Waals surface area contributed by atoms with E-state index in [2.05, 4.69) is 9.97 Å². The molecule has 0 aliphatic carbocycles. The van der Waals surface area contributed by atoms with Gasteiger partial charge in [-0.2, -0.15) is 4.98 Å². The summed E-state index contributed by atoms with van der Waals surface area (Å²) in [6.45, 7) is 2.48. The van der Waals surface area contributed by atoms with Crippen molar-refractivity contribution in [2.75, 3.05) is 12.3 Å². The molecule has 0 saturated heterocycles. The SMILES string of the molecule is CCOc1cc(-c2cccs2)nc(N)n1. The highest BCUT2D eigenvalue weighted by molar-refractivity contribution is 7.13. The zero-order valence-electron chi connectivity index (χ0n) is 8.30. The summed E-state index contributed by atoms with van der Waals surface area (Å²) < 4.78 is 5.30. The molecule has 0 atom stereocenters. The Bertz CT molecular complexity index is 442. The topological polar surface area (TPSA) is 61.0 Å². The van der Waals surface area contributed by atoms with Crippen molar-refractivity contribution in [3.05, 3.63) is 23.6 Å². The van der Waals surface area contributed by atoms with Crippen molar-refractivity contribution in [2.45, 2.75) is 6.92 Å². The van der Waals surface area contributed by atoms with Gasteiger partial charge >= 0.3 is 0 Å². The summed E-state index contributed by atoms with van der Waals surface area (Å²) in [6, 6.07) is 5.76. The molecule has 0 aliphatic rings. The van der Waals surface area contributed by atoms with Crippen molar-refractivity contribution in [1.82, 2.24) is 9.97 Å². The number of nitrogens with two attached hydrogens (primary N) is 1. The van der Waals surface area contributed by atoms with E-state index in [9.17, 15) is 0 Å². The van der Waals surface area contributed by atoms with Crippen molar-refractivity contribution in [3.8, 4) is 16.5 Å².